The first-order valence-corrected chi connectivity index (χ1v) is 8.49. The zero-order valence-corrected chi connectivity index (χ0v) is 14.2. The van der Waals surface area contributed by atoms with Gasteiger partial charge in [-0.25, -0.2) is 4.39 Å². The van der Waals surface area contributed by atoms with Crippen molar-refractivity contribution in [3.63, 3.8) is 0 Å². The first-order valence-electron chi connectivity index (χ1n) is 8.49. The maximum atomic E-state index is 14.5. The molecule has 5 nitrogen and oxygen atoms in total. The molecule has 0 unspecified atom stereocenters. The number of nitrogens with zero attached hydrogens (tertiary/aromatic N) is 3. The zero-order chi connectivity index (χ0) is 18.5. The number of non-ortho nitro benzene ring substituents is 1. The van der Waals surface area contributed by atoms with E-state index >= 15 is 0 Å². The van der Waals surface area contributed by atoms with Crippen LogP contribution in [0.3, 0.4) is 0 Å². The van der Waals surface area contributed by atoms with E-state index in [0.29, 0.717) is 5.56 Å². The molecule has 0 atom stereocenters. The molecule has 1 fully saturated rings. The van der Waals surface area contributed by atoms with Crippen molar-refractivity contribution in [3.05, 3.63) is 69.5 Å². The van der Waals surface area contributed by atoms with Crippen LogP contribution in [0.5, 0.6) is 0 Å². The number of nitro benzene ring substituents is 1. The molecular formula is C20H18FN3O2. The molecule has 0 spiro atoms. The van der Waals surface area contributed by atoms with Crippen LogP contribution in [0, 0.1) is 27.3 Å². The summed E-state index contributed by atoms with van der Waals surface area (Å²) in [7, 11) is 0. The van der Waals surface area contributed by atoms with E-state index in [4.69, 9.17) is 0 Å². The molecule has 2 aromatic carbocycles. The third kappa shape index (κ3) is 3.89. The number of halogens is 1. The molecule has 0 saturated carbocycles. The van der Waals surface area contributed by atoms with Crippen molar-refractivity contribution in [3.8, 4) is 6.07 Å². The van der Waals surface area contributed by atoms with E-state index < -0.39 is 10.7 Å². The van der Waals surface area contributed by atoms with Crippen molar-refractivity contribution < 1.29 is 9.31 Å². The van der Waals surface area contributed by atoms with Gasteiger partial charge in [-0.2, -0.15) is 5.26 Å². The van der Waals surface area contributed by atoms with Gasteiger partial charge in [-0.1, -0.05) is 12.1 Å². The predicted octanol–water partition coefficient (Wildman–Crippen LogP) is 4.79. The van der Waals surface area contributed by atoms with Crippen LogP contribution < -0.4 is 4.90 Å². The van der Waals surface area contributed by atoms with E-state index in [1.54, 1.807) is 12.1 Å². The maximum Gasteiger partial charge on any atom is 0.270 e. The van der Waals surface area contributed by atoms with Gasteiger partial charge in [0.2, 0.25) is 0 Å². The lowest BCUT2D eigenvalue weighted by molar-refractivity contribution is -0.384. The van der Waals surface area contributed by atoms with Gasteiger partial charge < -0.3 is 4.90 Å². The summed E-state index contributed by atoms with van der Waals surface area (Å²) in [5.74, 6) is -0.411. The SMILES string of the molecule is N#CC(=Cc1ccc(N2CCCCC2)cc1F)c1cccc([N+](=O)[O-])c1. The van der Waals surface area contributed by atoms with Gasteiger partial charge >= 0.3 is 0 Å². The summed E-state index contributed by atoms with van der Waals surface area (Å²) in [5.41, 5.74) is 1.59. The Morgan fingerprint density at radius 3 is 2.62 bits per heavy atom. The summed E-state index contributed by atoms with van der Waals surface area (Å²) in [6, 6.07) is 12.8. The van der Waals surface area contributed by atoms with Gasteiger partial charge in [0.05, 0.1) is 16.6 Å². The van der Waals surface area contributed by atoms with Crippen LogP contribution >= 0.6 is 0 Å². The van der Waals surface area contributed by atoms with E-state index in [9.17, 15) is 19.8 Å². The third-order valence-electron chi connectivity index (χ3n) is 4.49. The Kier molecular flexibility index (Phi) is 5.28. The highest BCUT2D eigenvalue weighted by Gasteiger charge is 2.14. The molecule has 6 heteroatoms. The highest BCUT2D eigenvalue weighted by molar-refractivity contribution is 5.90. The van der Waals surface area contributed by atoms with Crippen LogP contribution in [-0.2, 0) is 0 Å². The van der Waals surface area contributed by atoms with Gasteiger partial charge in [0.25, 0.3) is 5.69 Å². The molecule has 0 radical (unpaired) electrons. The standard InChI is InChI=1S/C20H18FN3O2/c21-20-13-18(23-9-2-1-3-10-23)8-7-16(20)11-17(14-22)15-5-4-6-19(12-15)24(25)26/h4-8,11-13H,1-3,9-10H2. The van der Waals surface area contributed by atoms with Crippen LogP contribution in [0.4, 0.5) is 15.8 Å². The normalized spacial score (nSPS) is 14.8. The summed E-state index contributed by atoms with van der Waals surface area (Å²) < 4.78 is 14.5. The fourth-order valence-electron chi connectivity index (χ4n) is 3.10. The molecule has 0 N–H and O–H groups in total. The Morgan fingerprint density at radius 1 is 1.19 bits per heavy atom. The van der Waals surface area contributed by atoms with E-state index in [1.165, 1.54) is 36.8 Å². The molecule has 2 aromatic rings. The van der Waals surface area contributed by atoms with Crippen molar-refractivity contribution in [2.75, 3.05) is 18.0 Å². The average Bonchev–Trinajstić information content (AvgIpc) is 2.67. The lowest BCUT2D eigenvalue weighted by Gasteiger charge is -2.28. The summed E-state index contributed by atoms with van der Waals surface area (Å²) in [6.45, 7) is 1.84. The van der Waals surface area contributed by atoms with Crippen molar-refractivity contribution in [2.24, 2.45) is 0 Å². The Labute approximate surface area is 151 Å². The van der Waals surface area contributed by atoms with Crippen molar-refractivity contribution in [1.29, 1.82) is 5.26 Å². The number of anilines is 1. The fourth-order valence-corrected chi connectivity index (χ4v) is 3.10. The van der Waals surface area contributed by atoms with Crippen molar-refractivity contribution >= 4 is 23.0 Å². The molecular weight excluding hydrogens is 333 g/mol. The minimum atomic E-state index is -0.521. The highest BCUT2D eigenvalue weighted by Crippen LogP contribution is 2.26. The molecule has 0 amide bonds. The molecule has 1 aliphatic rings. The number of nitro groups is 1. The summed E-state index contributed by atoms with van der Waals surface area (Å²) in [5, 5.41) is 20.3. The minimum absolute atomic E-state index is 0.107. The molecule has 1 aliphatic heterocycles. The van der Waals surface area contributed by atoms with Gasteiger partial charge in [-0.05, 0) is 49.1 Å². The monoisotopic (exact) mass is 351 g/mol. The average molecular weight is 351 g/mol. The van der Waals surface area contributed by atoms with Crippen LogP contribution in [0.2, 0.25) is 0 Å². The Morgan fingerprint density at radius 2 is 1.96 bits per heavy atom. The van der Waals surface area contributed by atoms with E-state index in [1.807, 2.05) is 12.1 Å². The van der Waals surface area contributed by atoms with Gasteiger partial charge in [-0.15, -0.1) is 0 Å². The number of hydrogen-bond donors (Lipinski definition) is 0. The molecule has 26 heavy (non-hydrogen) atoms. The largest absolute Gasteiger partial charge is 0.371 e. The van der Waals surface area contributed by atoms with Crippen molar-refractivity contribution in [2.45, 2.75) is 19.3 Å². The minimum Gasteiger partial charge on any atom is -0.371 e. The van der Waals surface area contributed by atoms with E-state index in [0.717, 1.165) is 31.6 Å². The highest BCUT2D eigenvalue weighted by atomic mass is 19.1. The smallest absolute Gasteiger partial charge is 0.270 e. The van der Waals surface area contributed by atoms with Crippen LogP contribution in [0.15, 0.2) is 42.5 Å². The molecule has 0 aliphatic carbocycles. The second kappa shape index (κ2) is 7.79. The Hall–Kier alpha value is -3.20. The molecule has 0 bridgehead atoms. The van der Waals surface area contributed by atoms with Crippen molar-refractivity contribution in [1.82, 2.24) is 0 Å². The summed E-state index contributed by atoms with van der Waals surface area (Å²) >= 11 is 0. The number of hydrogen-bond acceptors (Lipinski definition) is 4. The zero-order valence-electron chi connectivity index (χ0n) is 14.2. The number of allylic oxidation sites excluding steroid dienone is 1. The lowest BCUT2D eigenvalue weighted by atomic mass is 10.0. The molecule has 3 rings (SSSR count). The van der Waals surface area contributed by atoms with E-state index in [-0.39, 0.29) is 16.8 Å². The number of benzene rings is 2. The number of rotatable bonds is 4. The number of nitriles is 1. The van der Waals surface area contributed by atoms with Gasteiger partial charge in [0, 0.05) is 36.5 Å². The topological polar surface area (TPSA) is 70.2 Å². The quantitative estimate of drug-likeness (QED) is 0.344. The Bertz CT molecular complexity index is 896. The summed E-state index contributed by atoms with van der Waals surface area (Å²) in [4.78, 5) is 12.5. The Balaban J connectivity index is 1.91. The second-order valence-corrected chi connectivity index (χ2v) is 6.23. The first kappa shape index (κ1) is 17.6. The summed E-state index contributed by atoms with van der Waals surface area (Å²) in [6.07, 6.45) is 4.84. The van der Waals surface area contributed by atoms with Gasteiger partial charge in [0.1, 0.15) is 5.82 Å². The fraction of sp³-hybridized carbons (Fsp3) is 0.250. The number of piperidine rings is 1. The van der Waals surface area contributed by atoms with Crippen LogP contribution in [-0.4, -0.2) is 18.0 Å². The maximum absolute atomic E-state index is 14.5. The second-order valence-electron chi connectivity index (χ2n) is 6.23. The molecule has 0 aromatic heterocycles. The molecule has 132 valence electrons. The van der Waals surface area contributed by atoms with Crippen LogP contribution in [0.25, 0.3) is 11.6 Å². The van der Waals surface area contributed by atoms with E-state index in [2.05, 4.69) is 4.90 Å². The van der Waals surface area contributed by atoms with Gasteiger partial charge in [-0.3, -0.25) is 10.1 Å². The van der Waals surface area contributed by atoms with Gasteiger partial charge in [0.15, 0.2) is 0 Å². The molecule has 1 heterocycles. The molecule has 1 saturated heterocycles. The third-order valence-corrected chi connectivity index (χ3v) is 4.49. The first-order chi connectivity index (χ1) is 12.6. The lowest BCUT2D eigenvalue weighted by Crippen LogP contribution is -2.29. The van der Waals surface area contributed by atoms with Crippen LogP contribution in [0.1, 0.15) is 30.4 Å². The predicted molar refractivity (Wildman–Crippen MR) is 99.0 cm³/mol.